The Labute approximate surface area is 141 Å². The van der Waals surface area contributed by atoms with Gasteiger partial charge in [-0.3, -0.25) is 0 Å². The molecule has 3 aromatic rings. The normalized spacial score (nSPS) is 12.9. The van der Waals surface area contributed by atoms with Gasteiger partial charge in [0.2, 0.25) is 0 Å². The Bertz CT molecular complexity index is 769. The monoisotopic (exact) mass is 325 g/mol. The molecule has 0 amide bonds. The average molecular weight is 325 g/mol. The largest absolute Gasteiger partial charge is 0.364 e. The van der Waals surface area contributed by atoms with E-state index in [0.29, 0.717) is 11.6 Å². The van der Waals surface area contributed by atoms with Crippen molar-refractivity contribution < 1.29 is 0 Å². The van der Waals surface area contributed by atoms with Gasteiger partial charge >= 0.3 is 0 Å². The Hall–Kier alpha value is -2.54. The van der Waals surface area contributed by atoms with Crippen molar-refractivity contribution >= 4 is 11.5 Å². The van der Waals surface area contributed by atoms with Crippen LogP contribution in [0.1, 0.15) is 19.4 Å². The molecule has 0 spiro atoms. The Balaban J connectivity index is 1.65. The molecule has 0 aliphatic heterocycles. The summed E-state index contributed by atoms with van der Waals surface area (Å²) in [5, 5.41) is 19.2. The second-order valence-corrected chi connectivity index (χ2v) is 6.42. The van der Waals surface area contributed by atoms with Crippen LogP contribution in [-0.4, -0.2) is 49.8 Å². The summed E-state index contributed by atoms with van der Waals surface area (Å²) in [4.78, 5) is 2.32. The molecule has 0 radical (unpaired) electrons. The van der Waals surface area contributed by atoms with Gasteiger partial charge in [0.15, 0.2) is 5.65 Å². The molecular weight excluding hydrogens is 302 g/mol. The molecule has 1 atom stereocenters. The first-order valence-corrected chi connectivity index (χ1v) is 8.16. The number of benzene rings is 1. The lowest BCUT2D eigenvalue weighted by Crippen LogP contribution is -2.38. The Morgan fingerprint density at radius 2 is 1.92 bits per heavy atom. The third kappa shape index (κ3) is 4.05. The summed E-state index contributed by atoms with van der Waals surface area (Å²) in [5.74, 6) is 1.25. The molecule has 0 bridgehead atoms. The maximum Gasteiger partial charge on any atom is 0.200 e. The van der Waals surface area contributed by atoms with Gasteiger partial charge in [0.1, 0.15) is 5.82 Å². The molecule has 0 fully saturated rings. The van der Waals surface area contributed by atoms with Crippen molar-refractivity contribution in [2.24, 2.45) is 5.92 Å². The number of aromatic nitrogens is 5. The van der Waals surface area contributed by atoms with E-state index in [0.717, 1.165) is 18.9 Å². The Kier molecular flexibility index (Phi) is 5.00. The van der Waals surface area contributed by atoms with Gasteiger partial charge in [-0.2, -0.15) is 0 Å². The molecular formula is C17H23N7. The zero-order chi connectivity index (χ0) is 16.9. The van der Waals surface area contributed by atoms with E-state index < -0.39 is 0 Å². The van der Waals surface area contributed by atoms with Crippen molar-refractivity contribution in [1.82, 2.24) is 30.2 Å². The number of hydrogen-bond donors (Lipinski definition) is 1. The third-order valence-electron chi connectivity index (χ3n) is 4.01. The van der Waals surface area contributed by atoms with Crippen LogP contribution in [0.25, 0.3) is 5.65 Å². The predicted molar refractivity (Wildman–Crippen MR) is 93.6 cm³/mol. The molecule has 2 aromatic heterocycles. The highest BCUT2D eigenvalue weighted by Crippen LogP contribution is 2.13. The number of hydrogen-bond acceptors (Lipinski definition) is 6. The number of anilines is 1. The summed E-state index contributed by atoms with van der Waals surface area (Å²) >= 11 is 0. The number of fused-ring (bicyclic) bond motifs is 1. The molecule has 2 heterocycles. The van der Waals surface area contributed by atoms with Gasteiger partial charge in [-0.1, -0.05) is 44.2 Å². The highest BCUT2D eigenvalue weighted by Gasteiger charge is 2.17. The van der Waals surface area contributed by atoms with Crippen LogP contribution in [0.15, 0.2) is 42.5 Å². The molecule has 7 heteroatoms. The lowest BCUT2D eigenvalue weighted by molar-refractivity contribution is 0.286. The van der Waals surface area contributed by atoms with Crippen LogP contribution in [0.2, 0.25) is 0 Å². The first-order valence-electron chi connectivity index (χ1n) is 8.16. The van der Waals surface area contributed by atoms with E-state index in [1.54, 1.807) is 0 Å². The maximum absolute atomic E-state index is 4.40. The third-order valence-corrected chi connectivity index (χ3v) is 4.01. The van der Waals surface area contributed by atoms with Crippen LogP contribution in [-0.2, 0) is 6.54 Å². The fourth-order valence-corrected chi connectivity index (χ4v) is 2.64. The summed E-state index contributed by atoms with van der Waals surface area (Å²) < 4.78 is 1.44. The summed E-state index contributed by atoms with van der Waals surface area (Å²) in [7, 11) is 2.14. The van der Waals surface area contributed by atoms with Crippen LogP contribution < -0.4 is 5.32 Å². The van der Waals surface area contributed by atoms with Crippen molar-refractivity contribution in [3.8, 4) is 0 Å². The van der Waals surface area contributed by atoms with Gasteiger partial charge in [0.25, 0.3) is 0 Å². The lowest BCUT2D eigenvalue weighted by Gasteiger charge is -2.28. The molecule has 3 rings (SSSR count). The molecule has 7 nitrogen and oxygen atoms in total. The number of nitrogens with zero attached hydrogens (tertiary/aromatic N) is 6. The summed E-state index contributed by atoms with van der Waals surface area (Å²) in [6.07, 6.45) is 0. The standard InChI is InChI=1S/C17H23N7/c1-13(2)15(12-23(3)11-14-7-5-4-6-8-14)18-16-9-10-17-19-21-22-24(17)20-16/h4-10,13,15H,11-12H2,1-3H3,(H,18,20). The van der Waals surface area contributed by atoms with Crippen molar-refractivity contribution in [2.75, 3.05) is 18.9 Å². The molecule has 0 saturated heterocycles. The Morgan fingerprint density at radius 3 is 2.67 bits per heavy atom. The maximum atomic E-state index is 4.40. The minimum Gasteiger partial charge on any atom is -0.364 e. The summed E-state index contributed by atoms with van der Waals surface area (Å²) in [6, 6.07) is 14.6. The van der Waals surface area contributed by atoms with Crippen LogP contribution >= 0.6 is 0 Å². The number of rotatable bonds is 7. The van der Waals surface area contributed by atoms with Crippen molar-refractivity contribution in [3.05, 3.63) is 48.0 Å². The predicted octanol–water partition coefficient (Wildman–Crippen LogP) is 2.09. The van der Waals surface area contributed by atoms with E-state index in [9.17, 15) is 0 Å². The second-order valence-electron chi connectivity index (χ2n) is 6.42. The molecule has 0 aliphatic rings. The van der Waals surface area contributed by atoms with E-state index in [1.165, 1.54) is 10.2 Å². The minimum atomic E-state index is 0.278. The number of tetrazole rings is 1. The molecule has 1 unspecified atom stereocenters. The van der Waals surface area contributed by atoms with E-state index >= 15 is 0 Å². The quantitative estimate of drug-likeness (QED) is 0.717. The van der Waals surface area contributed by atoms with Crippen LogP contribution in [0, 0.1) is 5.92 Å². The van der Waals surface area contributed by atoms with Crippen molar-refractivity contribution in [3.63, 3.8) is 0 Å². The topological polar surface area (TPSA) is 71.2 Å². The van der Waals surface area contributed by atoms with Crippen molar-refractivity contribution in [2.45, 2.75) is 26.4 Å². The van der Waals surface area contributed by atoms with Gasteiger partial charge in [0.05, 0.1) is 0 Å². The first kappa shape index (κ1) is 16.3. The van der Waals surface area contributed by atoms with E-state index in [2.05, 4.69) is 76.0 Å². The highest BCUT2D eigenvalue weighted by molar-refractivity contribution is 5.42. The zero-order valence-corrected chi connectivity index (χ0v) is 14.3. The molecule has 1 N–H and O–H groups in total. The highest BCUT2D eigenvalue weighted by atomic mass is 15.6. The molecule has 1 aromatic carbocycles. The number of nitrogens with one attached hydrogen (secondary N) is 1. The first-order chi connectivity index (χ1) is 11.6. The molecule has 24 heavy (non-hydrogen) atoms. The Morgan fingerprint density at radius 1 is 1.12 bits per heavy atom. The van der Waals surface area contributed by atoms with Crippen LogP contribution in [0.4, 0.5) is 5.82 Å². The van der Waals surface area contributed by atoms with Gasteiger partial charge in [-0.05, 0) is 41.1 Å². The lowest BCUT2D eigenvalue weighted by atomic mass is 10.0. The number of likely N-dealkylation sites (N-methyl/N-ethyl adjacent to an activating group) is 1. The molecule has 0 saturated carbocycles. The fraction of sp³-hybridized carbons (Fsp3) is 0.412. The van der Waals surface area contributed by atoms with E-state index in [1.807, 2.05) is 18.2 Å². The smallest absolute Gasteiger partial charge is 0.200 e. The van der Waals surface area contributed by atoms with Crippen molar-refractivity contribution in [1.29, 1.82) is 0 Å². The van der Waals surface area contributed by atoms with E-state index in [-0.39, 0.29) is 6.04 Å². The van der Waals surface area contributed by atoms with Crippen LogP contribution in [0.3, 0.4) is 0 Å². The SMILES string of the molecule is CC(C)C(CN(C)Cc1ccccc1)Nc1ccc2nnnn2n1. The second kappa shape index (κ2) is 7.35. The van der Waals surface area contributed by atoms with Crippen LogP contribution in [0.5, 0.6) is 0 Å². The zero-order valence-electron chi connectivity index (χ0n) is 14.3. The van der Waals surface area contributed by atoms with E-state index in [4.69, 9.17) is 0 Å². The molecule has 126 valence electrons. The minimum absolute atomic E-state index is 0.278. The van der Waals surface area contributed by atoms with Gasteiger partial charge in [-0.25, -0.2) is 0 Å². The summed E-state index contributed by atoms with van der Waals surface area (Å²) in [5.41, 5.74) is 1.96. The van der Waals surface area contributed by atoms with Gasteiger partial charge in [-0.15, -0.1) is 14.8 Å². The fourth-order valence-electron chi connectivity index (χ4n) is 2.64. The van der Waals surface area contributed by atoms with Gasteiger partial charge < -0.3 is 10.2 Å². The molecule has 0 aliphatic carbocycles. The summed E-state index contributed by atoms with van der Waals surface area (Å²) in [6.45, 7) is 6.26. The van der Waals surface area contributed by atoms with Gasteiger partial charge in [0, 0.05) is 19.1 Å². The average Bonchev–Trinajstić information content (AvgIpc) is 3.02.